The molecule has 0 aliphatic carbocycles. The van der Waals surface area contributed by atoms with Crippen molar-refractivity contribution in [3.8, 4) is 11.1 Å². The van der Waals surface area contributed by atoms with Crippen LogP contribution in [0.15, 0.2) is 56.9 Å². The van der Waals surface area contributed by atoms with Gasteiger partial charge in [-0.3, -0.25) is 14.3 Å². The van der Waals surface area contributed by atoms with Crippen LogP contribution in [0, 0.1) is 0 Å². The predicted octanol–water partition coefficient (Wildman–Crippen LogP) is 1.13. The molecule has 7 nitrogen and oxygen atoms in total. The van der Waals surface area contributed by atoms with Crippen molar-refractivity contribution in [2.75, 3.05) is 0 Å². The van der Waals surface area contributed by atoms with E-state index in [0.29, 0.717) is 5.56 Å². The maximum absolute atomic E-state index is 11.9. The summed E-state index contributed by atoms with van der Waals surface area (Å²) in [7, 11) is -4.53. The first-order chi connectivity index (χ1) is 10.4. The van der Waals surface area contributed by atoms with Crippen LogP contribution >= 0.6 is 0 Å². The molecule has 0 fully saturated rings. The van der Waals surface area contributed by atoms with Gasteiger partial charge in [-0.1, -0.05) is 30.3 Å². The summed E-state index contributed by atoms with van der Waals surface area (Å²) in [6.07, 6.45) is 0. The Morgan fingerprint density at radius 1 is 0.955 bits per heavy atom. The van der Waals surface area contributed by atoms with Crippen LogP contribution in [0.1, 0.15) is 0 Å². The molecule has 3 aromatic rings. The number of aromatic amines is 2. The zero-order valence-corrected chi connectivity index (χ0v) is 11.8. The zero-order chi connectivity index (χ0) is 15.9. The monoisotopic (exact) mass is 318 g/mol. The van der Waals surface area contributed by atoms with Gasteiger partial charge >= 0.3 is 5.69 Å². The third-order valence-electron chi connectivity index (χ3n) is 3.20. The van der Waals surface area contributed by atoms with Gasteiger partial charge in [0.1, 0.15) is 4.90 Å². The average Bonchev–Trinajstić information content (AvgIpc) is 2.46. The van der Waals surface area contributed by atoms with Gasteiger partial charge in [0.15, 0.2) is 0 Å². The van der Waals surface area contributed by atoms with E-state index in [0.717, 1.165) is 6.07 Å². The number of hydrogen-bond acceptors (Lipinski definition) is 4. The van der Waals surface area contributed by atoms with E-state index in [1.54, 1.807) is 30.3 Å². The maximum atomic E-state index is 11.9. The van der Waals surface area contributed by atoms with Crippen LogP contribution in [-0.4, -0.2) is 22.9 Å². The van der Waals surface area contributed by atoms with Crippen molar-refractivity contribution < 1.29 is 13.0 Å². The molecule has 0 aliphatic heterocycles. The minimum absolute atomic E-state index is 0.0288. The second-order valence-electron chi connectivity index (χ2n) is 4.64. The van der Waals surface area contributed by atoms with Crippen molar-refractivity contribution in [3.05, 3.63) is 63.3 Å². The number of aromatic nitrogens is 2. The zero-order valence-electron chi connectivity index (χ0n) is 11.0. The molecule has 0 radical (unpaired) electrons. The molecule has 3 N–H and O–H groups in total. The second-order valence-corrected chi connectivity index (χ2v) is 6.03. The summed E-state index contributed by atoms with van der Waals surface area (Å²) in [5.41, 5.74) is -0.680. The highest BCUT2D eigenvalue weighted by molar-refractivity contribution is 7.86. The number of fused-ring (bicyclic) bond motifs is 1. The Morgan fingerprint density at radius 3 is 2.27 bits per heavy atom. The van der Waals surface area contributed by atoms with Crippen molar-refractivity contribution in [2.24, 2.45) is 0 Å². The van der Waals surface area contributed by atoms with Crippen LogP contribution in [0.2, 0.25) is 0 Å². The van der Waals surface area contributed by atoms with Crippen molar-refractivity contribution in [3.63, 3.8) is 0 Å². The molecule has 1 heterocycles. The molecule has 8 heteroatoms. The number of H-pyrrole nitrogens is 2. The van der Waals surface area contributed by atoms with E-state index in [2.05, 4.69) is 9.97 Å². The van der Waals surface area contributed by atoms with Gasteiger partial charge in [-0.25, -0.2) is 4.79 Å². The Bertz CT molecular complexity index is 1080. The SMILES string of the molecule is O=c1[nH]c(=O)c2cc(-c3ccccc3)c(S(=O)(=O)O)cc2[nH]1. The second kappa shape index (κ2) is 4.93. The summed E-state index contributed by atoms with van der Waals surface area (Å²) < 4.78 is 32.7. The van der Waals surface area contributed by atoms with E-state index in [9.17, 15) is 22.6 Å². The van der Waals surface area contributed by atoms with Crippen molar-refractivity contribution >= 4 is 21.0 Å². The third kappa shape index (κ3) is 2.45. The first-order valence-corrected chi connectivity index (χ1v) is 7.63. The van der Waals surface area contributed by atoms with E-state index in [-0.39, 0.29) is 21.4 Å². The molecule has 22 heavy (non-hydrogen) atoms. The van der Waals surface area contributed by atoms with Crippen LogP contribution in [0.3, 0.4) is 0 Å². The van der Waals surface area contributed by atoms with E-state index < -0.39 is 21.4 Å². The number of nitrogens with one attached hydrogen (secondary N) is 2. The highest BCUT2D eigenvalue weighted by Crippen LogP contribution is 2.29. The molecule has 0 spiro atoms. The summed E-state index contributed by atoms with van der Waals surface area (Å²) in [6.45, 7) is 0. The average molecular weight is 318 g/mol. The number of benzene rings is 2. The molecule has 0 bridgehead atoms. The Kier molecular flexibility index (Phi) is 3.19. The largest absolute Gasteiger partial charge is 0.326 e. The van der Waals surface area contributed by atoms with Crippen LogP contribution in [0.5, 0.6) is 0 Å². The van der Waals surface area contributed by atoms with E-state index >= 15 is 0 Å². The lowest BCUT2D eigenvalue weighted by atomic mass is 10.0. The molecule has 112 valence electrons. The first-order valence-electron chi connectivity index (χ1n) is 6.19. The molecular formula is C14H10N2O5S. The third-order valence-corrected chi connectivity index (χ3v) is 4.10. The molecule has 0 saturated heterocycles. The lowest BCUT2D eigenvalue weighted by Crippen LogP contribution is -2.22. The van der Waals surface area contributed by atoms with E-state index in [1.807, 2.05) is 0 Å². The van der Waals surface area contributed by atoms with Gasteiger partial charge in [-0.2, -0.15) is 8.42 Å². The first kappa shape index (κ1) is 14.2. The summed E-state index contributed by atoms with van der Waals surface area (Å²) in [5, 5.41) is 0.117. The standard InChI is InChI=1S/C14H10N2O5S/c17-13-10-6-9(8-4-2-1-3-5-8)12(22(19,20)21)7-11(10)15-14(18)16-13/h1-7H,(H,19,20,21)(H2,15,16,17,18). The fourth-order valence-corrected chi connectivity index (χ4v) is 2.97. The van der Waals surface area contributed by atoms with Gasteiger partial charge in [-0.15, -0.1) is 0 Å². The molecule has 2 aromatic carbocycles. The minimum atomic E-state index is -4.53. The topological polar surface area (TPSA) is 120 Å². The fourth-order valence-electron chi connectivity index (χ4n) is 2.25. The quantitative estimate of drug-likeness (QED) is 0.612. The van der Waals surface area contributed by atoms with Gasteiger partial charge < -0.3 is 4.98 Å². The Labute approximate surface area is 124 Å². The summed E-state index contributed by atoms with van der Waals surface area (Å²) in [5.74, 6) is 0. The molecule has 3 rings (SSSR count). The highest BCUT2D eigenvalue weighted by atomic mass is 32.2. The maximum Gasteiger partial charge on any atom is 0.326 e. The van der Waals surface area contributed by atoms with Crippen molar-refractivity contribution in [1.29, 1.82) is 0 Å². The van der Waals surface area contributed by atoms with Gasteiger partial charge in [0.05, 0.1) is 10.9 Å². The lowest BCUT2D eigenvalue weighted by Gasteiger charge is -2.09. The molecule has 0 unspecified atom stereocenters. The predicted molar refractivity (Wildman–Crippen MR) is 80.4 cm³/mol. The molecule has 0 amide bonds. The van der Waals surface area contributed by atoms with Gasteiger partial charge in [0.2, 0.25) is 0 Å². The summed E-state index contributed by atoms with van der Waals surface area (Å²) >= 11 is 0. The van der Waals surface area contributed by atoms with Crippen LogP contribution < -0.4 is 11.2 Å². The smallest absolute Gasteiger partial charge is 0.307 e. The molecule has 0 saturated carbocycles. The Hall–Kier alpha value is -2.71. The van der Waals surface area contributed by atoms with Crippen molar-refractivity contribution in [2.45, 2.75) is 4.90 Å². The van der Waals surface area contributed by atoms with Crippen LogP contribution in [0.25, 0.3) is 22.0 Å². The molecule has 1 aromatic heterocycles. The van der Waals surface area contributed by atoms with Crippen LogP contribution in [0.4, 0.5) is 0 Å². The fraction of sp³-hybridized carbons (Fsp3) is 0. The van der Waals surface area contributed by atoms with Gasteiger partial charge in [0, 0.05) is 5.56 Å². The number of hydrogen-bond donors (Lipinski definition) is 3. The Balaban J connectivity index is 2.50. The molecule has 0 atom stereocenters. The van der Waals surface area contributed by atoms with Gasteiger partial charge in [-0.05, 0) is 17.7 Å². The lowest BCUT2D eigenvalue weighted by molar-refractivity contribution is 0.483. The number of rotatable bonds is 2. The van der Waals surface area contributed by atoms with E-state index in [1.165, 1.54) is 6.07 Å². The van der Waals surface area contributed by atoms with Crippen molar-refractivity contribution in [1.82, 2.24) is 9.97 Å². The minimum Gasteiger partial charge on any atom is -0.307 e. The highest BCUT2D eigenvalue weighted by Gasteiger charge is 2.19. The normalized spacial score (nSPS) is 11.7. The van der Waals surface area contributed by atoms with E-state index in [4.69, 9.17) is 0 Å². The Morgan fingerprint density at radius 2 is 1.64 bits per heavy atom. The summed E-state index contributed by atoms with van der Waals surface area (Å²) in [6, 6.07) is 10.8. The molecular weight excluding hydrogens is 308 g/mol. The summed E-state index contributed by atoms with van der Waals surface area (Å²) in [4.78, 5) is 27.2. The molecule has 0 aliphatic rings. The van der Waals surface area contributed by atoms with Crippen LogP contribution in [-0.2, 0) is 10.1 Å². The van der Waals surface area contributed by atoms with Gasteiger partial charge in [0.25, 0.3) is 15.7 Å².